The van der Waals surface area contributed by atoms with Crippen LogP contribution in [-0.4, -0.2) is 19.1 Å². The summed E-state index contributed by atoms with van der Waals surface area (Å²) >= 11 is 9.03. The number of H-pyrrole nitrogens is 1. The minimum absolute atomic E-state index is 0.330. The molecule has 0 spiro atoms. The van der Waals surface area contributed by atoms with Crippen LogP contribution in [-0.2, 0) is 13.6 Å². The van der Waals surface area contributed by atoms with Gasteiger partial charge in [0.1, 0.15) is 0 Å². The van der Waals surface area contributed by atoms with Crippen LogP contribution in [0.25, 0.3) is 11.2 Å². The lowest BCUT2D eigenvalue weighted by molar-refractivity contribution is 0.807. The zero-order valence-electron chi connectivity index (χ0n) is 9.70. The van der Waals surface area contributed by atoms with E-state index < -0.39 is 11.2 Å². The molecule has 6 nitrogen and oxygen atoms in total. The van der Waals surface area contributed by atoms with Crippen molar-refractivity contribution < 1.29 is 0 Å². The van der Waals surface area contributed by atoms with Crippen molar-refractivity contribution in [3.8, 4) is 0 Å². The van der Waals surface area contributed by atoms with Crippen molar-refractivity contribution in [2.75, 3.05) is 0 Å². The van der Waals surface area contributed by atoms with Crippen molar-refractivity contribution in [3.05, 3.63) is 36.7 Å². The number of hydrogen-bond donors (Lipinski definition) is 1. The third-order valence-electron chi connectivity index (χ3n) is 2.52. The summed E-state index contributed by atoms with van der Waals surface area (Å²) in [5.74, 6) is 0. The number of allylic oxidation sites excluding steroid dienone is 2. The number of nitrogens with zero attached hydrogens (tertiary/aromatic N) is 3. The number of aryl methyl sites for hydroxylation is 1. The van der Waals surface area contributed by atoms with Gasteiger partial charge in [0.2, 0.25) is 0 Å². The van der Waals surface area contributed by atoms with E-state index in [2.05, 4.69) is 25.9 Å². The molecule has 2 heterocycles. The van der Waals surface area contributed by atoms with Crippen LogP contribution in [0.1, 0.15) is 6.92 Å². The number of imidazole rings is 1. The smallest absolute Gasteiger partial charge is 0.309 e. The molecule has 0 atom stereocenters. The van der Waals surface area contributed by atoms with E-state index in [-0.39, 0.29) is 0 Å². The SMILES string of the molecule is C/C(Cl)=C/Cn1c(Br)nc2c1c(=O)[nH]c(=O)n2C. The third kappa shape index (κ3) is 2.15. The second-order valence-corrected chi connectivity index (χ2v) is 5.08. The van der Waals surface area contributed by atoms with Crippen molar-refractivity contribution in [2.45, 2.75) is 13.5 Å². The third-order valence-corrected chi connectivity index (χ3v) is 3.28. The zero-order valence-corrected chi connectivity index (χ0v) is 12.0. The van der Waals surface area contributed by atoms with Crippen molar-refractivity contribution >= 4 is 38.7 Å². The number of fused-ring (bicyclic) bond motifs is 1. The molecule has 0 bridgehead atoms. The van der Waals surface area contributed by atoms with Gasteiger partial charge in [-0.2, -0.15) is 0 Å². The average molecular weight is 334 g/mol. The Morgan fingerprint density at radius 2 is 2.22 bits per heavy atom. The van der Waals surface area contributed by atoms with Crippen molar-refractivity contribution in [2.24, 2.45) is 7.05 Å². The largest absolute Gasteiger partial charge is 0.329 e. The molecule has 8 heteroatoms. The van der Waals surface area contributed by atoms with E-state index >= 15 is 0 Å². The maximum Gasteiger partial charge on any atom is 0.329 e. The highest BCUT2D eigenvalue weighted by Crippen LogP contribution is 2.16. The van der Waals surface area contributed by atoms with Gasteiger partial charge in [0.15, 0.2) is 15.9 Å². The summed E-state index contributed by atoms with van der Waals surface area (Å²) in [4.78, 5) is 29.7. The van der Waals surface area contributed by atoms with E-state index in [1.807, 2.05) is 0 Å². The Morgan fingerprint density at radius 1 is 1.56 bits per heavy atom. The summed E-state index contributed by atoms with van der Waals surface area (Å²) in [6.07, 6.45) is 1.75. The lowest BCUT2D eigenvalue weighted by Gasteiger charge is -2.02. The van der Waals surface area contributed by atoms with E-state index in [0.29, 0.717) is 27.5 Å². The van der Waals surface area contributed by atoms with E-state index in [1.54, 1.807) is 24.6 Å². The Kier molecular flexibility index (Phi) is 3.45. The van der Waals surface area contributed by atoms with Crippen molar-refractivity contribution in [1.82, 2.24) is 19.1 Å². The summed E-state index contributed by atoms with van der Waals surface area (Å²) in [6.45, 7) is 2.14. The summed E-state index contributed by atoms with van der Waals surface area (Å²) in [5.41, 5.74) is -0.296. The van der Waals surface area contributed by atoms with Crippen LogP contribution in [0.5, 0.6) is 0 Å². The number of aromatic amines is 1. The molecule has 0 aliphatic rings. The minimum atomic E-state index is -0.492. The molecule has 2 aromatic rings. The first-order valence-electron chi connectivity index (χ1n) is 5.09. The summed E-state index contributed by atoms with van der Waals surface area (Å²) in [7, 11) is 1.55. The predicted octanol–water partition coefficient (Wildman–Crippen LogP) is 1.33. The molecule has 0 fully saturated rings. The number of aromatic nitrogens is 4. The first kappa shape index (κ1) is 13.1. The monoisotopic (exact) mass is 332 g/mol. The molecule has 0 saturated carbocycles. The van der Waals surface area contributed by atoms with Crippen LogP contribution in [0.4, 0.5) is 0 Å². The van der Waals surface area contributed by atoms with Gasteiger partial charge >= 0.3 is 5.69 Å². The lowest BCUT2D eigenvalue weighted by Crippen LogP contribution is -2.29. The van der Waals surface area contributed by atoms with Gasteiger partial charge in [-0.3, -0.25) is 14.3 Å². The van der Waals surface area contributed by atoms with Gasteiger partial charge in [-0.1, -0.05) is 17.7 Å². The normalized spacial score (nSPS) is 12.3. The van der Waals surface area contributed by atoms with Gasteiger partial charge < -0.3 is 4.57 Å². The number of halogens is 2. The lowest BCUT2D eigenvalue weighted by atomic mass is 10.4. The summed E-state index contributed by atoms with van der Waals surface area (Å²) in [5, 5.41) is 0.616. The highest BCUT2D eigenvalue weighted by molar-refractivity contribution is 9.10. The molecule has 0 unspecified atom stereocenters. The maximum absolute atomic E-state index is 11.8. The molecule has 18 heavy (non-hydrogen) atoms. The zero-order chi connectivity index (χ0) is 13.4. The van der Waals surface area contributed by atoms with E-state index in [4.69, 9.17) is 11.6 Å². The molecule has 2 rings (SSSR count). The Morgan fingerprint density at radius 3 is 2.83 bits per heavy atom. The van der Waals surface area contributed by atoms with Crippen LogP contribution >= 0.6 is 27.5 Å². The second kappa shape index (κ2) is 4.74. The number of hydrogen-bond acceptors (Lipinski definition) is 3. The van der Waals surface area contributed by atoms with Crippen LogP contribution < -0.4 is 11.2 Å². The Balaban J connectivity index is 2.79. The van der Waals surface area contributed by atoms with Gasteiger partial charge in [-0.05, 0) is 22.9 Å². The van der Waals surface area contributed by atoms with Gasteiger partial charge in [-0.15, -0.1) is 0 Å². The molecule has 0 saturated heterocycles. The summed E-state index contributed by atoms with van der Waals surface area (Å²) in [6, 6.07) is 0. The van der Waals surface area contributed by atoms with Crippen LogP contribution in [0.3, 0.4) is 0 Å². The molecular weight excluding hydrogens is 323 g/mol. The quantitative estimate of drug-likeness (QED) is 0.843. The molecular formula is C10H10BrClN4O2. The molecule has 0 radical (unpaired) electrons. The Hall–Kier alpha value is -1.34. The van der Waals surface area contributed by atoms with E-state index in [9.17, 15) is 9.59 Å². The van der Waals surface area contributed by atoms with Crippen molar-refractivity contribution in [3.63, 3.8) is 0 Å². The Bertz CT molecular complexity index is 752. The van der Waals surface area contributed by atoms with E-state index in [1.165, 1.54) is 4.57 Å². The van der Waals surface area contributed by atoms with Crippen molar-refractivity contribution in [1.29, 1.82) is 0 Å². The highest BCUT2D eigenvalue weighted by atomic mass is 79.9. The fourth-order valence-electron chi connectivity index (χ4n) is 1.59. The van der Waals surface area contributed by atoms with E-state index in [0.717, 1.165) is 0 Å². The molecule has 0 aliphatic carbocycles. The second-order valence-electron chi connectivity index (χ2n) is 3.77. The standard InChI is InChI=1S/C10H10BrClN4O2/c1-5(12)3-4-16-6-7(13-9(16)11)15(2)10(18)14-8(6)17/h3H,4H2,1-2H3,(H,14,17,18)/b5-3-. The fraction of sp³-hybridized carbons (Fsp3) is 0.300. The molecule has 0 amide bonds. The minimum Gasteiger partial charge on any atom is -0.309 e. The maximum atomic E-state index is 11.8. The average Bonchev–Trinajstić information content (AvgIpc) is 2.61. The van der Waals surface area contributed by atoms with Gasteiger partial charge in [0.25, 0.3) is 5.56 Å². The molecule has 96 valence electrons. The van der Waals surface area contributed by atoms with Gasteiger partial charge in [0.05, 0.1) is 0 Å². The highest BCUT2D eigenvalue weighted by Gasteiger charge is 2.14. The predicted molar refractivity (Wildman–Crippen MR) is 72.9 cm³/mol. The van der Waals surface area contributed by atoms with Gasteiger partial charge in [0, 0.05) is 18.6 Å². The molecule has 0 aromatic carbocycles. The van der Waals surface area contributed by atoms with Crippen LogP contribution in [0.2, 0.25) is 0 Å². The summed E-state index contributed by atoms with van der Waals surface area (Å²) < 4.78 is 3.40. The van der Waals surface area contributed by atoms with Crippen LogP contribution in [0.15, 0.2) is 25.4 Å². The molecule has 2 aromatic heterocycles. The molecule has 1 N–H and O–H groups in total. The molecule has 0 aliphatic heterocycles. The topological polar surface area (TPSA) is 72.7 Å². The first-order chi connectivity index (χ1) is 8.41. The van der Waals surface area contributed by atoms with Crippen LogP contribution in [0, 0.1) is 0 Å². The number of nitrogens with one attached hydrogen (secondary N) is 1. The fourth-order valence-corrected chi connectivity index (χ4v) is 2.15. The number of rotatable bonds is 2. The first-order valence-corrected chi connectivity index (χ1v) is 6.26. The van der Waals surface area contributed by atoms with Gasteiger partial charge in [-0.25, -0.2) is 9.78 Å². The Labute approximate surface area is 115 Å².